The quantitative estimate of drug-likeness (QED) is 0.567. The molecule has 1 atom stereocenters. The highest BCUT2D eigenvalue weighted by molar-refractivity contribution is 6.35. The summed E-state index contributed by atoms with van der Waals surface area (Å²) in [7, 11) is 0. The van der Waals surface area contributed by atoms with Gasteiger partial charge >= 0.3 is 6.09 Å². The Morgan fingerprint density at radius 2 is 1.85 bits per heavy atom. The minimum atomic E-state index is -0.962. The number of nitrogens with zero attached hydrogens (tertiary/aromatic N) is 3. The Morgan fingerprint density at radius 1 is 1.15 bits per heavy atom. The number of hydrogen-bond acceptors (Lipinski definition) is 4. The summed E-state index contributed by atoms with van der Waals surface area (Å²) in [5, 5.41) is 10.6. The molecule has 1 aliphatic rings. The first-order valence-corrected chi connectivity index (χ1v) is 11.7. The van der Waals surface area contributed by atoms with Crippen molar-refractivity contribution in [3.05, 3.63) is 64.7 Å². The molecule has 0 aliphatic carbocycles. The van der Waals surface area contributed by atoms with Gasteiger partial charge in [0.2, 0.25) is 0 Å². The number of hydrogen-bond donors (Lipinski definition) is 2. The minimum Gasteiger partial charge on any atom is -0.465 e. The lowest BCUT2D eigenvalue weighted by atomic mass is 9.84. The van der Waals surface area contributed by atoms with E-state index in [1.807, 2.05) is 31.2 Å². The first-order chi connectivity index (χ1) is 16.1. The number of pyridine rings is 1. The summed E-state index contributed by atoms with van der Waals surface area (Å²) in [5.74, 6) is -0.143. The highest BCUT2D eigenvalue weighted by Gasteiger charge is 2.30. The molecule has 4 rings (SSSR count). The van der Waals surface area contributed by atoms with Gasteiger partial charge in [-0.2, -0.15) is 0 Å². The van der Waals surface area contributed by atoms with E-state index in [9.17, 15) is 14.7 Å². The molecule has 3 aromatic rings. The van der Waals surface area contributed by atoms with Crippen LogP contribution in [-0.2, 0) is 5.41 Å². The maximum atomic E-state index is 13.2. The topological polar surface area (TPSA) is 99.8 Å². The van der Waals surface area contributed by atoms with Crippen molar-refractivity contribution in [2.24, 2.45) is 5.73 Å². The normalized spacial score (nSPS) is 16.7. The summed E-state index contributed by atoms with van der Waals surface area (Å²) in [6.45, 7) is 7.56. The van der Waals surface area contributed by atoms with Crippen LogP contribution >= 0.6 is 11.6 Å². The second kappa shape index (κ2) is 9.24. The van der Waals surface area contributed by atoms with E-state index in [4.69, 9.17) is 22.3 Å². The number of rotatable bonds is 4. The van der Waals surface area contributed by atoms with Crippen LogP contribution in [0.2, 0.25) is 5.02 Å². The van der Waals surface area contributed by atoms with Gasteiger partial charge in [-0.05, 0) is 30.7 Å². The van der Waals surface area contributed by atoms with Crippen LogP contribution in [0.15, 0.2) is 48.5 Å². The molecular weight excluding hydrogens is 452 g/mol. The number of carbonyl (C=O) groups excluding carboxylic acids is 1. The smallest absolute Gasteiger partial charge is 0.407 e. The Balaban J connectivity index is 1.63. The van der Waals surface area contributed by atoms with Crippen LogP contribution in [0.4, 0.5) is 4.79 Å². The summed E-state index contributed by atoms with van der Waals surface area (Å²) in [6, 6.07) is 15.0. The Kier molecular flexibility index (Phi) is 6.51. The molecule has 1 aliphatic heterocycles. The second-order valence-corrected chi connectivity index (χ2v) is 9.87. The zero-order valence-corrected chi connectivity index (χ0v) is 20.3. The standard InChI is InChI=1S/C26H29ClN4O3/c1-16-14-30(10-11-31(16)25(33)34)24(32)18-6-9-20-21(27)13-22(29-23(20)12-18)17-4-7-19(8-5-17)26(2,3)15-28/h4-9,12-13,16H,10-11,14-15,28H2,1-3H3,(H,33,34). The van der Waals surface area contributed by atoms with Crippen LogP contribution in [0.25, 0.3) is 22.2 Å². The van der Waals surface area contributed by atoms with Crippen LogP contribution in [0.5, 0.6) is 0 Å². The molecule has 1 aromatic heterocycles. The highest BCUT2D eigenvalue weighted by Crippen LogP contribution is 2.31. The fourth-order valence-corrected chi connectivity index (χ4v) is 4.55. The third kappa shape index (κ3) is 4.58. The van der Waals surface area contributed by atoms with Crippen LogP contribution < -0.4 is 5.73 Å². The van der Waals surface area contributed by atoms with E-state index in [0.29, 0.717) is 42.3 Å². The SMILES string of the molecule is CC1CN(C(=O)c2ccc3c(Cl)cc(-c4ccc(C(C)(C)CN)cc4)nc3c2)CCN1C(=O)O. The molecule has 1 unspecified atom stereocenters. The first kappa shape index (κ1) is 24.0. The molecule has 2 aromatic carbocycles. The summed E-state index contributed by atoms with van der Waals surface area (Å²) in [5.41, 5.74) is 9.73. The van der Waals surface area contributed by atoms with Crippen molar-refractivity contribution in [3.63, 3.8) is 0 Å². The van der Waals surface area contributed by atoms with Crippen molar-refractivity contribution in [1.82, 2.24) is 14.8 Å². The monoisotopic (exact) mass is 480 g/mol. The van der Waals surface area contributed by atoms with E-state index in [0.717, 1.165) is 22.2 Å². The van der Waals surface area contributed by atoms with Gasteiger partial charge in [0.05, 0.1) is 16.2 Å². The zero-order chi connectivity index (χ0) is 24.6. The van der Waals surface area contributed by atoms with Crippen LogP contribution in [-0.4, -0.2) is 64.1 Å². The van der Waals surface area contributed by atoms with Crippen LogP contribution in [0.1, 0.15) is 36.7 Å². The molecule has 0 bridgehead atoms. The maximum absolute atomic E-state index is 13.2. The van der Waals surface area contributed by atoms with Crippen molar-refractivity contribution in [2.75, 3.05) is 26.2 Å². The van der Waals surface area contributed by atoms with Gasteiger partial charge in [0.25, 0.3) is 5.91 Å². The number of amides is 2. The Morgan fingerprint density at radius 3 is 2.47 bits per heavy atom. The average Bonchev–Trinajstić information content (AvgIpc) is 2.83. The highest BCUT2D eigenvalue weighted by atomic mass is 35.5. The summed E-state index contributed by atoms with van der Waals surface area (Å²) < 4.78 is 0. The van der Waals surface area contributed by atoms with Gasteiger partial charge in [0, 0.05) is 54.1 Å². The number of piperazine rings is 1. The minimum absolute atomic E-state index is 0.115. The summed E-state index contributed by atoms with van der Waals surface area (Å²) >= 11 is 6.57. The number of fused-ring (bicyclic) bond motifs is 1. The molecule has 2 heterocycles. The van der Waals surface area contributed by atoms with Gasteiger partial charge in [-0.1, -0.05) is 55.8 Å². The third-order valence-corrected chi connectivity index (χ3v) is 6.95. The zero-order valence-electron chi connectivity index (χ0n) is 19.6. The van der Waals surface area contributed by atoms with Gasteiger partial charge in [0.1, 0.15) is 0 Å². The lowest BCUT2D eigenvalue weighted by molar-refractivity contribution is 0.0507. The van der Waals surface area contributed by atoms with Gasteiger partial charge in [-0.25, -0.2) is 9.78 Å². The second-order valence-electron chi connectivity index (χ2n) is 9.46. The van der Waals surface area contributed by atoms with Gasteiger partial charge in [0.15, 0.2) is 0 Å². The van der Waals surface area contributed by atoms with E-state index in [2.05, 4.69) is 26.0 Å². The van der Waals surface area contributed by atoms with Crippen molar-refractivity contribution in [3.8, 4) is 11.3 Å². The molecule has 1 fully saturated rings. The molecule has 1 saturated heterocycles. The molecule has 178 valence electrons. The largest absolute Gasteiger partial charge is 0.465 e. The van der Waals surface area contributed by atoms with Crippen molar-refractivity contribution in [1.29, 1.82) is 0 Å². The fraction of sp³-hybridized carbons (Fsp3) is 0.346. The number of nitrogens with two attached hydrogens (primary N) is 1. The lowest BCUT2D eigenvalue weighted by Gasteiger charge is -2.38. The van der Waals surface area contributed by atoms with Crippen LogP contribution in [0.3, 0.4) is 0 Å². The number of halogens is 1. The number of benzene rings is 2. The molecule has 0 spiro atoms. The van der Waals surface area contributed by atoms with Crippen molar-refractivity contribution in [2.45, 2.75) is 32.2 Å². The van der Waals surface area contributed by atoms with E-state index < -0.39 is 6.09 Å². The summed E-state index contributed by atoms with van der Waals surface area (Å²) in [6.07, 6.45) is -0.962. The maximum Gasteiger partial charge on any atom is 0.407 e. The van der Waals surface area contributed by atoms with Gasteiger partial charge < -0.3 is 20.6 Å². The van der Waals surface area contributed by atoms with Crippen molar-refractivity contribution >= 4 is 34.5 Å². The van der Waals surface area contributed by atoms with Crippen molar-refractivity contribution < 1.29 is 14.7 Å². The van der Waals surface area contributed by atoms with Gasteiger partial charge in [-0.3, -0.25) is 4.79 Å². The first-order valence-electron chi connectivity index (χ1n) is 11.3. The van der Waals surface area contributed by atoms with E-state index in [-0.39, 0.29) is 17.4 Å². The lowest BCUT2D eigenvalue weighted by Crippen LogP contribution is -2.55. The Hall–Kier alpha value is -3.16. The number of carbonyl (C=O) groups is 2. The third-order valence-electron chi connectivity index (χ3n) is 6.64. The van der Waals surface area contributed by atoms with E-state index in [1.54, 1.807) is 17.0 Å². The van der Waals surface area contributed by atoms with Gasteiger partial charge in [-0.15, -0.1) is 0 Å². The van der Waals surface area contributed by atoms with E-state index in [1.165, 1.54) is 4.90 Å². The molecule has 7 nitrogen and oxygen atoms in total. The van der Waals surface area contributed by atoms with E-state index >= 15 is 0 Å². The predicted molar refractivity (Wildman–Crippen MR) is 134 cm³/mol. The molecule has 8 heteroatoms. The molecular formula is C26H29ClN4O3. The fourth-order valence-electron chi connectivity index (χ4n) is 4.29. The van der Waals surface area contributed by atoms with Crippen LogP contribution in [0, 0.1) is 0 Å². The molecule has 0 radical (unpaired) electrons. The average molecular weight is 481 g/mol. The molecule has 0 saturated carbocycles. The number of carboxylic acid groups (broad SMARTS) is 1. The molecule has 34 heavy (non-hydrogen) atoms. The molecule has 3 N–H and O–H groups in total. The summed E-state index contributed by atoms with van der Waals surface area (Å²) in [4.78, 5) is 32.3. The predicted octanol–water partition coefficient (Wildman–Crippen LogP) is 4.62. The number of aromatic nitrogens is 1. The Labute approximate surface area is 204 Å². The molecule has 2 amide bonds. The Bertz CT molecular complexity index is 1240.